The van der Waals surface area contributed by atoms with Gasteiger partial charge in [-0.05, 0) is 23.8 Å². The summed E-state index contributed by atoms with van der Waals surface area (Å²) in [4.78, 5) is 25.6. The van der Waals surface area contributed by atoms with Gasteiger partial charge in [-0.25, -0.2) is 0 Å². The molecule has 0 N–H and O–H groups in total. The van der Waals surface area contributed by atoms with Crippen molar-refractivity contribution < 1.29 is 14.3 Å². The molecule has 2 heterocycles. The minimum atomic E-state index is -0.731. The van der Waals surface area contributed by atoms with Gasteiger partial charge in [0.1, 0.15) is 16.3 Å². The van der Waals surface area contributed by atoms with Crippen molar-refractivity contribution >= 4 is 28.8 Å². The molecule has 28 heavy (non-hydrogen) atoms. The average Bonchev–Trinajstić information content (AvgIpc) is 3.22. The number of hydrogen-bond acceptors (Lipinski definition) is 6. The Bertz CT molecular complexity index is 1170. The first-order valence-electron chi connectivity index (χ1n) is 8.67. The van der Waals surface area contributed by atoms with Crippen molar-refractivity contribution in [1.29, 1.82) is 5.26 Å². The van der Waals surface area contributed by atoms with E-state index in [0.717, 1.165) is 16.9 Å². The summed E-state index contributed by atoms with van der Waals surface area (Å²) in [5.41, 5.74) is -0.250. The third-order valence-electron chi connectivity index (χ3n) is 4.15. The van der Waals surface area contributed by atoms with Crippen LogP contribution in [0, 0.1) is 16.7 Å². The molecule has 3 rings (SSSR count). The lowest BCUT2D eigenvalue weighted by atomic mass is 9.87. The van der Waals surface area contributed by atoms with Gasteiger partial charge in [0, 0.05) is 12.0 Å². The van der Waals surface area contributed by atoms with Crippen molar-refractivity contribution in [2.24, 2.45) is 5.41 Å². The Morgan fingerprint density at radius 1 is 1.36 bits per heavy atom. The normalized spacial score (nSPS) is 14.6. The van der Waals surface area contributed by atoms with Gasteiger partial charge >= 0.3 is 0 Å². The zero-order valence-corrected chi connectivity index (χ0v) is 16.8. The maximum Gasteiger partial charge on any atom is 0.269 e. The number of benzene rings is 1. The molecule has 0 spiro atoms. The third kappa shape index (κ3) is 3.64. The number of rotatable bonds is 4. The monoisotopic (exact) mass is 396 g/mol. The number of ketones is 1. The van der Waals surface area contributed by atoms with E-state index in [4.69, 9.17) is 9.47 Å². The van der Waals surface area contributed by atoms with E-state index in [0.29, 0.717) is 20.7 Å². The number of allylic oxidation sites excluding steroid dienone is 1. The number of carbonyl (C=O) groups excluding carboxylic acids is 1. The number of thiazole rings is 1. The van der Waals surface area contributed by atoms with Gasteiger partial charge in [-0.3, -0.25) is 14.2 Å². The number of nitriles is 1. The fourth-order valence-electron chi connectivity index (χ4n) is 2.73. The van der Waals surface area contributed by atoms with Gasteiger partial charge in [-0.15, -0.1) is 17.9 Å². The van der Waals surface area contributed by atoms with Crippen LogP contribution in [0.1, 0.15) is 26.3 Å². The minimum Gasteiger partial charge on any atom is -0.454 e. The molecule has 6 nitrogen and oxygen atoms in total. The van der Waals surface area contributed by atoms with E-state index in [1.165, 1.54) is 4.57 Å². The first-order valence-corrected chi connectivity index (χ1v) is 9.49. The van der Waals surface area contributed by atoms with Crippen molar-refractivity contribution in [3.8, 4) is 17.6 Å². The third-order valence-corrected chi connectivity index (χ3v) is 5.28. The van der Waals surface area contributed by atoms with Crippen LogP contribution < -0.4 is 24.2 Å². The van der Waals surface area contributed by atoms with E-state index in [9.17, 15) is 14.9 Å². The number of Topliss-reactive ketones (excluding diaryl/α,β-unsaturated/α-hetero) is 1. The lowest BCUT2D eigenvalue weighted by Crippen LogP contribution is -2.34. The molecular formula is C21H20N2O4S. The summed E-state index contributed by atoms with van der Waals surface area (Å²) in [7, 11) is 0. The number of carbonyl (C=O) groups is 1. The fraction of sp³-hybridized carbons (Fsp3) is 0.286. The Hall–Kier alpha value is -3.11. The van der Waals surface area contributed by atoms with Crippen LogP contribution in [-0.2, 0) is 11.3 Å². The number of nitrogens with zero attached hydrogens (tertiary/aromatic N) is 2. The molecule has 0 atom stereocenters. The van der Waals surface area contributed by atoms with Crippen molar-refractivity contribution in [2.45, 2.75) is 27.3 Å². The van der Waals surface area contributed by atoms with E-state index in [1.54, 1.807) is 45.1 Å². The molecule has 0 radical (unpaired) electrons. The predicted octanol–water partition coefficient (Wildman–Crippen LogP) is 1.94. The summed E-state index contributed by atoms with van der Waals surface area (Å²) < 4.78 is 12.9. The van der Waals surface area contributed by atoms with Crippen LogP contribution in [0.2, 0.25) is 0 Å². The van der Waals surface area contributed by atoms with E-state index in [1.807, 2.05) is 12.1 Å². The quantitative estimate of drug-likeness (QED) is 0.738. The number of hydrogen-bond donors (Lipinski definition) is 0. The predicted molar refractivity (Wildman–Crippen MR) is 108 cm³/mol. The van der Waals surface area contributed by atoms with Gasteiger partial charge in [0.15, 0.2) is 17.3 Å². The highest BCUT2D eigenvalue weighted by atomic mass is 32.1. The molecule has 0 amide bonds. The molecule has 7 heteroatoms. The summed E-state index contributed by atoms with van der Waals surface area (Å²) in [6.45, 7) is 9.30. The van der Waals surface area contributed by atoms with Crippen molar-refractivity contribution in [3.63, 3.8) is 0 Å². The second kappa shape index (κ2) is 7.49. The molecule has 0 unspecified atom stereocenters. The molecule has 0 aliphatic carbocycles. The molecule has 1 aliphatic rings. The minimum absolute atomic E-state index is 0.0122. The first-order chi connectivity index (χ1) is 13.3. The maximum atomic E-state index is 12.9. The Kier molecular flexibility index (Phi) is 5.25. The van der Waals surface area contributed by atoms with E-state index in [2.05, 4.69) is 6.58 Å². The van der Waals surface area contributed by atoms with Crippen LogP contribution >= 0.6 is 11.3 Å². The van der Waals surface area contributed by atoms with Crippen LogP contribution in [-0.4, -0.2) is 17.1 Å². The van der Waals surface area contributed by atoms with Crippen LogP contribution in [0.5, 0.6) is 11.5 Å². The molecule has 0 saturated carbocycles. The molecular weight excluding hydrogens is 376 g/mol. The van der Waals surface area contributed by atoms with E-state index >= 15 is 0 Å². The Morgan fingerprint density at radius 3 is 2.71 bits per heavy atom. The molecule has 144 valence electrons. The fourth-order valence-corrected chi connectivity index (χ4v) is 3.83. The first kappa shape index (κ1) is 19.6. The lowest BCUT2D eigenvalue weighted by Gasteiger charge is -2.15. The molecule has 1 aromatic carbocycles. The van der Waals surface area contributed by atoms with E-state index in [-0.39, 0.29) is 30.3 Å². The van der Waals surface area contributed by atoms with Gasteiger partial charge in [0.25, 0.3) is 5.56 Å². The highest BCUT2D eigenvalue weighted by molar-refractivity contribution is 7.07. The highest BCUT2D eigenvalue weighted by Gasteiger charge is 2.27. The summed E-state index contributed by atoms with van der Waals surface area (Å²) in [5, 5.41) is 9.62. The number of ether oxygens (including phenoxy) is 2. The second-order valence-electron chi connectivity index (χ2n) is 7.30. The molecule has 0 fully saturated rings. The van der Waals surface area contributed by atoms with Crippen LogP contribution in [0.4, 0.5) is 0 Å². The zero-order chi connectivity index (χ0) is 20.5. The number of aromatic nitrogens is 1. The standard InChI is InChI=1S/C21H20N2O4S/c1-5-8-23-19(25)17(10-13-6-7-15-16(9-13)27-12-26-15)28-20(23)14(11-22)18(24)21(2,3)4/h5-7,9-10H,1,8,12H2,2-4H3/b17-10+,20-14+. The Morgan fingerprint density at radius 2 is 2.07 bits per heavy atom. The van der Waals surface area contributed by atoms with Crippen molar-refractivity contribution in [3.05, 3.63) is 56.0 Å². The van der Waals surface area contributed by atoms with E-state index < -0.39 is 5.41 Å². The van der Waals surface area contributed by atoms with Gasteiger partial charge in [-0.1, -0.05) is 32.9 Å². The van der Waals surface area contributed by atoms with Gasteiger partial charge in [-0.2, -0.15) is 5.26 Å². The van der Waals surface area contributed by atoms with Gasteiger partial charge in [0.2, 0.25) is 6.79 Å². The second-order valence-corrected chi connectivity index (χ2v) is 8.33. The summed E-state index contributed by atoms with van der Waals surface area (Å²) in [5.74, 6) is 0.969. The average molecular weight is 396 g/mol. The highest BCUT2D eigenvalue weighted by Crippen LogP contribution is 2.32. The van der Waals surface area contributed by atoms with Gasteiger partial charge in [0.05, 0.1) is 4.53 Å². The smallest absolute Gasteiger partial charge is 0.269 e. The SMILES string of the molecule is C=CCn1c(=O)/c(=C\c2ccc3c(c2)OCO3)s/c1=C(\C#N)C(=O)C(C)(C)C. The zero-order valence-electron chi connectivity index (χ0n) is 15.9. The topological polar surface area (TPSA) is 81.3 Å². The largest absolute Gasteiger partial charge is 0.454 e. The maximum absolute atomic E-state index is 12.9. The molecule has 1 aliphatic heterocycles. The Labute approximate surface area is 166 Å². The summed E-state index contributed by atoms with van der Waals surface area (Å²) in [6.07, 6.45) is 3.28. The van der Waals surface area contributed by atoms with Gasteiger partial charge < -0.3 is 9.47 Å². The van der Waals surface area contributed by atoms with Crippen LogP contribution in [0.25, 0.3) is 11.6 Å². The molecule has 1 aromatic heterocycles. The lowest BCUT2D eigenvalue weighted by molar-refractivity contribution is -0.120. The van der Waals surface area contributed by atoms with Crippen molar-refractivity contribution in [1.82, 2.24) is 4.57 Å². The molecule has 0 saturated heterocycles. The molecule has 2 aromatic rings. The molecule has 0 bridgehead atoms. The Balaban J connectivity index is 2.26. The summed E-state index contributed by atoms with van der Waals surface area (Å²) in [6, 6.07) is 7.38. The van der Waals surface area contributed by atoms with Crippen molar-refractivity contribution in [2.75, 3.05) is 6.79 Å². The summed E-state index contributed by atoms with van der Waals surface area (Å²) >= 11 is 1.13. The van der Waals surface area contributed by atoms with Crippen LogP contribution in [0.15, 0.2) is 35.6 Å². The van der Waals surface area contributed by atoms with Crippen LogP contribution in [0.3, 0.4) is 0 Å². The number of fused-ring (bicyclic) bond motifs is 1.